The van der Waals surface area contributed by atoms with Crippen molar-refractivity contribution in [2.75, 3.05) is 32.4 Å². The Kier molecular flexibility index (Phi) is 8.54. The number of rotatable bonds is 8. The molecule has 12 heteroatoms. The van der Waals surface area contributed by atoms with E-state index in [0.717, 1.165) is 13.0 Å². The molecule has 4 rings (SSSR count). The van der Waals surface area contributed by atoms with Gasteiger partial charge < -0.3 is 9.47 Å². The molecule has 0 bridgehead atoms. The maximum atomic E-state index is 14.2. The standard InChI is InChI=1S/C26H37F4N5O2S/c1-17(33-9-7-23(8-10-33)35-18(2)31-32-25(35)26(3,29)30)13-24(20-14-21(27)16-22(28)15-20)19-5-11-34(12-6-19)38(4,36)37/h14-17,19,23-24H,5-13H2,1-4H3/t17-,24-/m1/s1. The second-order valence-electron chi connectivity index (χ2n) is 11.0. The molecule has 2 atom stereocenters. The van der Waals surface area contributed by atoms with E-state index in [2.05, 4.69) is 22.0 Å². The van der Waals surface area contributed by atoms with Gasteiger partial charge in [0.15, 0.2) is 0 Å². The van der Waals surface area contributed by atoms with Crippen molar-refractivity contribution in [1.29, 1.82) is 0 Å². The van der Waals surface area contributed by atoms with E-state index >= 15 is 0 Å². The summed E-state index contributed by atoms with van der Waals surface area (Å²) in [5.41, 5.74) is 0.594. The second-order valence-corrected chi connectivity index (χ2v) is 13.0. The summed E-state index contributed by atoms with van der Waals surface area (Å²) in [7, 11) is -3.29. The lowest BCUT2D eigenvalue weighted by Gasteiger charge is -2.41. The first-order valence-electron chi connectivity index (χ1n) is 13.2. The number of hydrogen-bond donors (Lipinski definition) is 0. The van der Waals surface area contributed by atoms with E-state index in [1.807, 2.05) is 0 Å². The number of benzene rings is 1. The quantitative estimate of drug-likeness (QED) is 0.433. The van der Waals surface area contributed by atoms with Gasteiger partial charge in [0, 0.05) is 51.3 Å². The van der Waals surface area contributed by atoms with Gasteiger partial charge in [0.25, 0.3) is 0 Å². The zero-order valence-corrected chi connectivity index (χ0v) is 23.2. The SMILES string of the molecule is Cc1nnc(C(C)(F)F)n1C1CCN([C@H](C)C[C@@H](c2cc(F)cc(F)c2)C2CCN(S(C)(=O)=O)CC2)CC1. The minimum atomic E-state index is -3.29. The van der Waals surface area contributed by atoms with E-state index in [1.54, 1.807) is 11.5 Å². The van der Waals surface area contributed by atoms with Crippen molar-refractivity contribution >= 4 is 10.0 Å². The van der Waals surface area contributed by atoms with E-state index in [0.29, 0.717) is 69.7 Å². The van der Waals surface area contributed by atoms with Crippen molar-refractivity contribution in [1.82, 2.24) is 24.0 Å². The Bertz CT molecular complexity index is 1200. The maximum absolute atomic E-state index is 14.2. The minimum Gasteiger partial charge on any atom is -0.307 e. The summed E-state index contributed by atoms with van der Waals surface area (Å²) >= 11 is 0. The molecule has 2 aromatic rings. The molecule has 38 heavy (non-hydrogen) atoms. The third-order valence-corrected chi connectivity index (χ3v) is 9.49. The van der Waals surface area contributed by atoms with Crippen molar-refractivity contribution in [3.63, 3.8) is 0 Å². The first-order valence-corrected chi connectivity index (χ1v) is 15.0. The third-order valence-electron chi connectivity index (χ3n) is 8.19. The van der Waals surface area contributed by atoms with Crippen molar-refractivity contribution in [2.24, 2.45) is 5.92 Å². The number of aromatic nitrogens is 3. The lowest BCUT2D eigenvalue weighted by atomic mass is 9.77. The fourth-order valence-corrected chi connectivity index (χ4v) is 7.08. The van der Waals surface area contributed by atoms with Crippen LogP contribution in [0.4, 0.5) is 17.6 Å². The highest BCUT2D eigenvalue weighted by molar-refractivity contribution is 7.88. The van der Waals surface area contributed by atoms with Gasteiger partial charge in [-0.3, -0.25) is 0 Å². The van der Waals surface area contributed by atoms with Gasteiger partial charge in [-0.1, -0.05) is 0 Å². The van der Waals surface area contributed by atoms with Gasteiger partial charge >= 0.3 is 5.92 Å². The molecule has 3 heterocycles. The van der Waals surface area contributed by atoms with Gasteiger partial charge in [-0.2, -0.15) is 8.78 Å². The molecule has 2 fully saturated rings. The molecule has 0 N–H and O–H groups in total. The Morgan fingerprint density at radius 3 is 2.11 bits per heavy atom. The number of likely N-dealkylation sites (tertiary alicyclic amines) is 1. The van der Waals surface area contributed by atoms with Gasteiger partial charge in [-0.05, 0) is 75.5 Å². The number of aryl methyl sites for hydroxylation is 1. The van der Waals surface area contributed by atoms with Crippen LogP contribution in [-0.2, 0) is 15.9 Å². The van der Waals surface area contributed by atoms with Crippen LogP contribution in [-0.4, -0.2) is 70.9 Å². The topological polar surface area (TPSA) is 71.3 Å². The molecule has 2 aliphatic heterocycles. The highest BCUT2D eigenvalue weighted by Gasteiger charge is 2.37. The molecule has 0 aliphatic carbocycles. The van der Waals surface area contributed by atoms with E-state index in [1.165, 1.54) is 22.7 Å². The molecule has 212 valence electrons. The molecule has 2 saturated heterocycles. The van der Waals surface area contributed by atoms with Crippen molar-refractivity contribution < 1.29 is 26.0 Å². The minimum absolute atomic E-state index is 0.0781. The molecule has 1 aromatic heterocycles. The fraction of sp³-hybridized carbons (Fsp3) is 0.692. The maximum Gasteiger partial charge on any atom is 0.304 e. The number of alkyl halides is 2. The number of halogens is 4. The Balaban J connectivity index is 1.47. The Labute approximate surface area is 222 Å². The van der Waals surface area contributed by atoms with Crippen molar-refractivity contribution in [3.05, 3.63) is 47.0 Å². The summed E-state index contributed by atoms with van der Waals surface area (Å²) in [6.07, 6.45) is 4.42. The molecule has 0 radical (unpaired) electrons. The third kappa shape index (κ3) is 6.56. The van der Waals surface area contributed by atoms with Gasteiger partial charge in [-0.15, -0.1) is 10.2 Å². The Hall–Kier alpha value is -2.05. The van der Waals surface area contributed by atoms with E-state index in [-0.39, 0.29) is 29.7 Å². The Morgan fingerprint density at radius 2 is 1.58 bits per heavy atom. The van der Waals surface area contributed by atoms with Gasteiger partial charge in [0.2, 0.25) is 15.8 Å². The van der Waals surface area contributed by atoms with Crippen LogP contribution < -0.4 is 0 Å². The summed E-state index contributed by atoms with van der Waals surface area (Å²) in [4.78, 5) is 2.30. The normalized spacial score (nSPS) is 21.1. The van der Waals surface area contributed by atoms with Crippen LogP contribution in [0, 0.1) is 24.5 Å². The fourth-order valence-electron chi connectivity index (χ4n) is 6.21. The van der Waals surface area contributed by atoms with Gasteiger partial charge in [0.05, 0.1) is 6.26 Å². The first kappa shape index (κ1) is 28.9. The largest absolute Gasteiger partial charge is 0.307 e. The number of sulfonamides is 1. The Morgan fingerprint density at radius 1 is 1.00 bits per heavy atom. The van der Waals surface area contributed by atoms with Crippen molar-refractivity contribution in [3.8, 4) is 0 Å². The highest BCUT2D eigenvalue weighted by atomic mass is 32.2. The van der Waals surface area contributed by atoms with Crippen LogP contribution >= 0.6 is 0 Å². The lowest BCUT2D eigenvalue weighted by molar-refractivity contribution is 0.00000770. The van der Waals surface area contributed by atoms with Crippen LogP contribution in [0.3, 0.4) is 0 Å². The lowest BCUT2D eigenvalue weighted by Crippen LogP contribution is -2.43. The predicted octanol–water partition coefficient (Wildman–Crippen LogP) is 4.85. The molecule has 0 unspecified atom stereocenters. The van der Waals surface area contributed by atoms with E-state index < -0.39 is 27.6 Å². The van der Waals surface area contributed by atoms with Gasteiger partial charge in [-0.25, -0.2) is 21.5 Å². The summed E-state index contributed by atoms with van der Waals surface area (Å²) in [5, 5.41) is 7.61. The molecular formula is C26H37F4N5O2S. The summed E-state index contributed by atoms with van der Waals surface area (Å²) < 4.78 is 83.6. The van der Waals surface area contributed by atoms with E-state index in [9.17, 15) is 26.0 Å². The molecular weight excluding hydrogens is 522 g/mol. The van der Waals surface area contributed by atoms with Gasteiger partial charge in [0.1, 0.15) is 17.5 Å². The number of piperidine rings is 2. The number of hydrogen-bond acceptors (Lipinski definition) is 5. The summed E-state index contributed by atoms with van der Waals surface area (Å²) in [6, 6.07) is 3.59. The molecule has 7 nitrogen and oxygen atoms in total. The molecule has 2 aliphatic rings. The molecule has 0 amide bonds. The summed E-state index contributed by atoms with van der Waals surface area (Å²) in [6.45, 7) is 6.77. The number of nitrogens with zero attached hydrogens (tertiary/aromatic N) is 5. The van der Waals surface area contributed by atoms with Crippen molar-refractivity contribution in [2.45, 2.75) is 76.8 Å². The molecule has 1 aromatic carbocycles. The van der Waals surface area contributed by atoms with Crippen LogP contribution in [0.5, 0.6) is 0 Å². The van der Waals surface area contributed by atoms with Crippen LogP contribution in [0.15, 0.2) is 18.2 Å². The predicted molar refractivity (Wildman–Crippen MR) is 136 cm³/mol. The van der Waals surface area contributed by atoms with Crippen LogP contribution in [0.25, 0.3) is 0 Å². The second kappa shape index (κ2) is 11.2. The van der Waals surface area contributed by atoms with Crippen LogP contribution in [0.1, 0.15) is 75.1 Å². The first-order chi connectivity index (χ1) is 17.7. The molecule has 0 spiro atoms. The van der Waals surface area contributed by atoms with Crippen LogP contribution in [0.2, 0.25) is 0 Å². The highest BCUT2D eigenvalue weighted by Crippen LogP contribution is 2.39. The average Bonchev–Trinajstić information content (AvgIpc) is 3.23. The zero-order valence-electron chi connectivity index (χ0n) is 22.4. The summed E-state index contributed by atoms with van der Waals surface area (Å²) in [5.74, 6) is -4.22. The zero-order chi connectivity index (χ0) is 27.8. The monoisotopic (exact) mass is 559 g/mol. The van der Waals surface area contributed by atoms with E-state index in [4.69, 9.17) is 0 Å². The average molecular weight is 560 g/mol. The molecule has 0 saturated carbocycles. The smallest absolute Gasteiger partial charge is 0.304 e.